The van der Waals surface area contributed by atoms with Crippen LogP contribution in [-0.2, 0) is 14.5 Å². The molecule has 0 saturated carbocycles. The van der Waals surface area contributed by atoms with Crippen LogP contribution in [0, 0.1) is 0 Å². The van der Waals surface area contributed by atoms with Crippen molar-refractivity contribution in [2.75, 3.05) is 10.2 Å². The average molecular weight is 379 g/mol. The van der Waals surface area contributed by atoms with E-state index in [4.69, 9.17) is 23.2 Å². The van der Waals surface area contributed by atoms with Gasteiger partial charge in [0.1, 0.15) is 0 Å². The van der Waals surface area contributed by atoms with Crippen molar-refractivity contribution in [3.8, 4) is 0 Å². The molecule has 1 spiro atoms. The number of halogens is 2. The summed E-state index contributed by atoms with van der Waals surface area (Å²) >= 11 is 13.4. The van der Waals surface area contributed by atoms with E-state index in [1.165, 1.54) is 11.8 Å². The summed E-state index contributed by atoms with van der Waals surface area (Å²) < 4.78 is 0. The van der Waals surface area contributed by atoms with Crippen LogP contribution in [0.25, 0.3) is 0 Å². The van der Waals surface area contributed by atoms with E-state index in [9.17, 15) is 9.59 Å². The van der Waals surface area contributed by atoms with Gasteiger partial charge in [0.25, 0.3) is 5.91 Å². The molecule has 7 heteroatoms. The molecule has 0 aliphatic carbocycles. The smallest absolute Gasteiger partial charge is 0.266 e. The molecule has 1 fully saturated rings. The normalized spacial score (nSPS) is 25.3. The van der Waals surface area contributed by atoms with Crippen molar-refractivity contribution in [3.63, 3.8) is 0 Å². The molecule has 1 saturated heterocycles. The Morgan fingerprint density at radius 3 is 2.46 bits per heavy atom. The maximum absolute atomic E-state index is 12.9. The van der Waals surface area contributed by atoms with Gasteiger partial charge in [-0.1, -0.05) is 23.2 Å². The number of anilines is 2. The molecule has 0 unspecified atom stereocenters. The minimum atomic E-state index is -1.15. The number of hydrogen-bond donors (Lipinski definition) is 1. The van der Waals surface area contributed by atoms with Crippen LogP contribution in [-0.4, -0.2) is 17.1 Å². The molecule has 2 aliphatic heterocycles. The molecule has 1 N–H and O–H groups in total. The van der Waals surface area contributed by atoms with E-state index in [1.807, 2.05) is 0 Å². The van der Waals surface area contributed by atoms with Crippen molar-refractivity contribution in [2.45, 2.75) is 17.0 Å². The average Bonchev–Trinajstić information content (AvgIpc) is 2.97. The number of amides is 2. The minimum Gasteiger partial charge on any atom is -0.323 e. The predicted octanol–water partition coefficient (Wildman–Crippen LogP) is 4.27. The second kappa shape index (κ2) is 5.41. The summed E-state index contributed by atoms with van der Waals surface area (Å²) in [5, 5.41) is 3.61. The van der Waals surface area contributed by atoms with E-state index in [1.54, 1.807) is 54.3 Å². The van der Waals surface area contributed by atoms with Gasteiger partial charge in [-0.3, -0.25) is 14.5 Å². The molecular formula is C17H12Cl2N2O2S. The lowest BCUT2D eigenvalue weighted by Gasteiger charge is -2.32. The number of nitrogens with one attached hydrogen (secondary N) is 1. The van der Waals surface area contributed by atoms with Gasteiger partial charge in [-0.25, -0.2) is 0 Å². The first kappa shape index (κ1) is 15.8. The molecule has 122 valence electrons. The summed E-state index contributed by atoms with van der Waals surface area (Å²) in [5.41, 5.74) is 2.01. The van der Waals surface area contributed by atoms with Gasteiger partial charge >= 0.3 is 0 Å². The van der Waals surface area contributed by atoms with Gasteiger partial charge in [-0.2, -0.15) is 0 Å². The molecule has 2 aromatic rings. The summed E-state index contributed by atoms with van der Waals surface area (Å²) in [6, 6.07) is 12.1. The highest BCUT2D eigenvalue weighted by Gasteiger charge is 2.60. The van der Waals surface area contributed by atoms with Gasteiger partial charge in [0, 0.05) is 27.0 Å². The molecular weight excluding hydrogens is 367 g/mol. The molecule has 2 atom stereocenters. The predicted molar refractivity (Wildman–Crippen MR) is 97.8 cm³/mol. The van der Waals surface area contributed by atoms with E-state index < -0.39 is 4.87 Å². The van der Waals surface area contributed by atoms with Crippen molar-refractivity contribution in [1.82, 2.24) is 0 Å². The largest absolute Gasteiger partial charge is 0.323 e. The zero-order chi connectivity index (χ0) is 17.1. The van der Waals surface area contributed by atoms with Crippen molar-refractivity contribution in [3.05, 3.63) is 58.1 Å². The minimum absolute atomic E-state index is 0.120. The molecule has 2 amide bonds. The summed E-state index contributed by atoms with van der Waals surface area (Å²) in [5.74, 6) is -0.359. The third-order valence-electron chi connectivity index (χ3n) is 4.22. The number of nitrogens with zero attached hydrogens (tertiary/aromatic N) is 1. The van der Waals surface area contributed by atoms with Crippen molar-refractivity contribution >= 4 is 58.2 Å². The Morgan fingerprint density at radius 1 is 1.08 bits per heavy atom. The first-order valence-corrected chi connectivity index (χ1v) is 8.96. The zero-order valence-corrected chi connectivity index (χ0v) is 14.9. The Labute approximate surface area is 153 Å². The summed E-state index contributed by atoms with van der Waals surface area (Å²) in [6.07, 6.45) is 0. The molecule has 2 heterocycles. The van der Waals surface area contributed by atoms with Gasteiger partial charge in [-0.15, -0.1) is 11.8 Å². The Hall–Kier alpha value is -1.69. The third-order valence-corrected chi connectivity index (χ3v) is 6.19. The standard InChI is InChI=1S/C17H12Cl2N2O2S/c1-9-15(22)21(12-5-2-10(18)3-6-12)17(24-9)13-8-11(19)4-7-14(13)20-16(17)23/h2-9H,1H3,(H,20,23)/t9-,17-/m1/s1. The third kappa shape index (κ3) is 2.08. The molecule has 4 nitrogen and oxygen atoms in total. The summed E-state index contributed by atoms with van der Waals surface area (Å²) in [4.78, 5) is 26.2. The molecule has 2 aliphatic rings. The number of rotatable bonds is 1. The van der Waals surface area contributed by atoms with E-state index in [0.717, 1.165) is 0 Å². The Kier molecular flexibility index (Phi) is 3.56. The van der Waals surface area contributed by atoms with Crippen LogP contribution in [0.5, 0.6) is 0 Å². The number of hydrogen-bond acceptors (Lipinski definition) is 3. The van der Waals surface area contributed by atoms with Gasteiger partial charge in [0.15, 0.2) is 0 Å². The number of fused-ring (bicyclic) bond motifs is 2. The molecule has 24 heavy (non-hydrogen) atoms. The van der Waals surface area contributed by atoms with Crippen LogP contribution in [0.15, 0.2) is 42.5 Å². The Balaban J connectivity index is 1.95. The quantitative estimate of drug-likeness (QED) is 0.805. The Bertz CT molecular complexity index is 871. The van der Waals surface area contributed by atoms with Crippen LogP contribution in [0.3, 0.4) is 0 Å². The second-order valence-corrected chi connectivity index (χ2v) is 8.10. The molecule has 0 aromatic heterocycles. The number of benzene rings is 2. The van der Waals surface area contributed by atoms with E-state index in [2.05, 4.69) is 5.32 Å². The van der Waals surface area contributed by atoms with Crippen LogP contribution in [0.2, 0.25) is 10.0 Å². The van der Waals surface area contributed by atoms with E-state index >= 15 is 0 Å². The van der Waals surface area contributed by atoms with Crippen molar-refractivity contribution in [1.29, 1.82) is 0 Å². The lowest BCUT2D eigenvalue weighted by Crippen LogP contribution is -2.47. The van der Waals surface area contributed by atoms with Crippen molar-refractivity contribution in [2.24, 2.45) is 0 Å². The first-order valence-electron chi connectivity index (χ1n) is 7.32. The van der Waals surface area contributed by atoms with Gasteiger partial charge in [0.05, 0.1) is 5.25 Å². The number of carbonyl (C=O) groups is 2. The highest BCUT2D eigenvalue weighted by molar-refractivity contribution is 8.03. The first-order chi connectivity index (χ1) is 11.4. The highest BCUT2D eigenvalue weighted by atomic mass is 35.5. The van der Waals surface area contributed by atoms with Crippen LogP contribution >= 0.6 is 35.0 Å². The highest BCUT2D eigenvalue weighted by Crippen LogP contribution is 2.56. The topological polar surface area (TPSA) is 49.4 Å². The van der Waals surface area contributed by atoms with Gasteiger partial charge in [0.2, 0.25) is 10.8 Å². The maximum atomic E-state index is 12.9. The van der Waals surface area contributed by atoms with Crippen LogP contribution in [0.1, 0.15) is 12.5 Å². The van der Waals surface area contributed by atoms with Crippen LogP contribution in [0.4, 0.5) is 11.4 Å². The van der Waals surface area contributed by atoms with E-state index in [-0.39, 0.29) is 17.1 Å². The molecule has 4 rings (SSSR count). The molecule has 0 bridgehead atoms. The van der Waals surface area contributed by atoms with Crippen LogP contribution < -0.4 is 10.2 Å². The Morgan fingerprint density at radius 2 is 1.75 bits per heavy atom. The molecule has 2 aromatic carbocycles. The summed E-state index contributed by atoms with van der Waals surface area (Å²) in [6.45, 7) is 1.81. The van der Waals surface area contributed by atoms with Crippen molar-refractivity contribution < 1.29 is 9.59 Å². The van der Waals surface area contributed by atoms with E-state index in [0.29, 0.717) is 27.0 Å². The number of carbonyl (C=O) groups excluding carboxylic acids is 2. The number of thioether (sulfide) groups is 1. The van der Waals surface area contributed by atoms with Gasteiger partial charge < -0.3 is 5.32 Å². The fraction of sp³-hybridized carbons (Fsp3) is 0.176. The molecule has 0 radical (unpaired) electrons. The lowest BCUT2D eigenvalue weighted by molar-refractivity contribution is -0.122. The lowest BCUT2D eigenvalue weighted by atomic mass is 10.0. The maximum Gasteiger partial charge on any atom is 0.266 e. The fourth-order valence-corrected chi connectivity index (χ4v) is 4.94. The fourth-order valence-electron chi connectivity index (χ4n) is 3.17. The second-order valence-electron chi connectivity index (χ2n) is 5.70. The summed E-state index contributed by atoms with van der Waals surface area (Å²) in [7, 11) is 0. The van der Waals surface area contributed by atoms with Gasteiger partial charge in [-0.05, 0) is 49.4 Å². The SMILES string of the molecule is C[C@H]1S[C@]2(C(=O)Nc3ccc(Cl)cc32)N(c2ccc(Cl)cc2)C1=O. The monoisotopic (exact) mass is 378 g/mol. The zero-order valence-electron chi connectivity index (χ0n) is 12.5.